The van der Waals surface area contributed by atoms with Crippen LogP contribution in [-0.2, 0) is 33.8 Å². The predicted molar refractivity (Wildman–Crippen MR) is 135 cm³/mol. The van der Waals surface area contributed by atoms with Gasteiger partial charge in [0.15, 0.2) is 0 Å². The lowest BCUT2D eigenvalue weighted by Crippen LogP contribution is -2.46. The van der Waals surface area contributed by atoms with Crippen molar-refractivity contribution in [1.29, 1.82) is 0 Å². The Labute approximate surface area is 220 Å². The minimum Gasteiger partial charge on any atom is -0.481 e. The molecule has 0 aliphatic carbocycles. The van der Waals surface area contributed by atoms with Gasteiger partial charge >= 0.3 is 12.1 Å². The Balaban J connectivity index is 2.01. The van der Waals surface area contributed by atoms with Gasteiger partial charge in [-0.2, -0.15) is 17.5 Å². The van der Waals surface area contributed by atoms with Crippen LogP contribution in [0.1, 0.15) is 49.8 Å². The number of nitrogens with one attached hydrogen (secondary N) is 1. The molecular weight excluding hydrogens is 528 g/mol. The van der Waals surface area contributed by atoms with Gasteiger partial charge in [0.1, 0.15) is 5.82 Å². The van der Waals surface area contributed by atoms with Gasteiger partial charge in [-0.05, 0) is 81.0 Å². The van der Waals surface area contributed by atoms with Crippen molar-refractivity contribution in [2.75, 3.05) is 20.1 Å². The summed E-state index contributed by atoms with van der Waals surface area (Å²) in [5.41, 5.74) is -0.828. The van der Waals surface area contributed by atoms with E-state index in [1.54, 1.807) is 6.07 Å². The van der Waals surface area contributed by atoms with Crippen LogP contribution in [-0.4, -0.2) is 60.7 Å². The number of carboxylic acids is 1. The minimum atomic E-state index is -4.83. The molecule has 38 heavy (non-hydrogen) atoms. The van der Waals surface area contributed by atoms with Gasteiger partial charge in [0.05, 0.1) is 16.6 Å². The van der Waals surface area contributed by atoms with Crippen LogP contribution in [0.3, 0.4) is 0 Å². The molecule has 0 saturated heterocycles. The molecule has 0 amide bonds. The van der Waals surface area contributed by atoms with Gasteiger partial charge in [-0.1, -0.05) is 12.1 Å². The second kappa shape index (κ2) is 13.0. The van der Waals surface area contributed by atoms with E-state index in [1.165, 1.54) is 12.1 Å². The van der Waals surface area contributed by atoms with Gasteiger partial charge in [-0.3, -0.25) is 4.79 Å². The van der Waals surface area contributed by atoms with E-state index >= 15 is 0 Å². The molecule has 1 atom stereocenters. The lowest BCUT2D eigenvalue weighted by molar-refractivity contribution is -0.138. The van der Waals surface area contributed by atoms with Crippen molar-refractivity contribution in [2.24, 2.45) is 0 Å². The van der Waals surface area contributed by atoms with Gasteiger partial charge < -0.3 is 15.5 Å². The molecule has 0 aliphatic rings. The first-order chi connectivity index (χ1) is 17.5. The highest BCUT2D eigenvalue weighted by atomic mass is 32.2. The molecule has 0 aromatic heterocycles. The third-order valence-electron chi connectivity index (χ3n) is 6.07. The number of aliphatic carboxylic acids is 1. The molecule has 0 unspecified atom stereocenters. The third kappa shape index (κ3) is 9.97. The van der Waals surface area contributed by atoms with E-state index in [4.69, 9.17) is 5.11 Å². The van der Waals surface area contributed by atoms with Crippen LogP contribution in [0.25, 0.3) is 0 Å². The first kappa shape index (κ1) is 31.7. The van der Waals surface area contributed by atoms with E-state index in [-0.39, 0.29) is 30.9 Å². The number of hydrogen-bond acceptors (Lipinski definition) is 5. The van der Waals surface area contributed by atoms with Crippen LogP contribution in [0, 0.1) is 5.82 Å². The third-order valence-corrected chi connectivity index (χ3v) is 7.87. The van der Waals surface area contributed by atoms with E-state index in [2.05, 4.69) is 5.32 Å². The molecular formula is C26H34F4N2O5S. The van der Waals surface area contributed by atoms with Crippen LogP contribution in [0.5, 0.6) is 0 Å². The molecule has 2 aromatic carbocycles. The lowest BCUT2D eigenvalue weighted by Gasteiger charge is -2.29. The molecule has 12 heteroatoms. The van der Waals surface area contributed by atoms with Crippen molar-refractivity contribution in [3.63, 3.8) is 0 Å². The van der Waals surface area contributed by atoms with Crippen molar-refractivity contribution >= 4 is 16.0 Å². The summed E-state index contributed by atoms with van der Waals surface area (Å²) >= 11 is 0. The number of hydrogen-bond donors (Lipinski definition) is 3. The Morgan fingerprint density at radius 1 is 1.08 bits per heavy atom. The number of nitrogens with zero attached hydrogens (tertiary/aromatic N) is 1. The van der Waals surface area contributed by atoms with E-state index < -0.39 is 50.7 Å². The molecule has 2 rings (SSSR count). The van der Waals surface area contributed by atoms with Gasteiger partial charge in [-0.25, -0.2) is 12.8 Å². The van der Waals surface area contributed by atoms with Crippen LogP contribution >= 0.6 is 0 Å². The second-order valence-corrected chi connectivity index (χ2v) is 12.0. The lowest BCUT2D eigenvalue weighted by atomic mass is 9.95. The highest BCUT2D eigenvalue weighted by Crippen LogP contribution is 2.32. The first-order valence-corrected chi connectivity index (χ1v) is 13.5. The molecule has 7 nitrogen and oxygen atoms in total. The summed E-state index contributed by atoms with van der Waals surface area (Å²) in [6.45, 7) is 3.47. The van der Waals surface area contributed by atoms with E-state index in [0.29, 0.717) is 18.9 Å². The van der Waals surface area contributed by atoms with Crippen molar-refractivity contribution in [1.82, 2.24) is 9.62 Å². The maximum atomic E-state index is 13.4. The summed E-state index contributed by atoms with van der Waals surface area (Å²) in [4.78, 5) is 10.2. The molecule has 0 spiro atoms. The zero-order valence-electron chi connectivity index (χ0n) is 21.6. The smallest absolute Gasteiger partial charge is 0.416 e. The van der Waals surface area contributed by atoms with Crippen LogP contribution in [0.2, 0.25) is 0 Å². The van der Waals surface area contributed by atoms with Gasteiger partial charge in [-0.15, -0.1) is 0 Å². The Hall–Kier alpha value is -2.54. The monoisotopic (exact) mass is 562 g/mol. The number of halogens is 4. The Bertz CT molecular complexity index is 1200. The predicted octanol–water partition coefficient (Wildman–Crippen LogP) is 4.23. The maximum absolute atomic E-state index is 13.4. The molecule has 0 bridgehead atoms. The first-order valence-electron chi connectivity index (χ1n) is 12.1. The summed E-state index contributed by atoms with van der Waals surface area (Å²) in [5.74, 6) is -1.53. The van der Waals surface area contributed by atoms with E-state index in [0.717, 1.165) is 35.5 Å². The highest BCUT2D eigenvalue weighted by molar-refractivity contribution is 7.89. The van der Waals surface area contributed by atoms with Crippen molar-refractivity contribution < 1.29 is 41.0 Å². The Kier molecular flexibility index (Phi) is 10.8. The van der Waals surface area contributed by atoms with E-state index in [1.807, 2.05) is 19.9 Å². The quantitative estimate of drug-likeness (QED) is 0.298. The number of aliphatic hydroxyl groups is 1. The SMILES string of the molecule is CN(C[C@H](O)CNC(C)(C)CCCc1cccc(F)c1)S(=O)(=O)c1cc(CCC(=O)O)cc(C(F)(F)F)c1. The number of carbonyl (C=O) groups is 1. The molecule has 2 aromatic rings. The topological polar surface area (TPSA) is 107 Å². The highest BCUT2D eigenvalue weighted by Gasteiger charge is 2.34. The number of rotatable bonds is 14. The van der Waals surface area contributed by atoms with Crippen LogP contribution < -0.4 is 5.32 Å². The number of alkyl halides is 3. The average Bonchev–Trinajstić information content (AvgIpc) is 2.80. The van der Waals surface area contributed by atoms with Gasteiger partial charge in [0.2, 0.25) is 10.0 Å². The summed E-state index contributed by atoms with van der Waals surface area (Å²) in [7, 11) is -3.26. The standard InChI is InChI=1S/C26H34F4N2O5S/c1-25(2,11-5-7-18-6-4-8-21(27)13-18)31-16-22(33)17-32(3)38(36,37)23-14-19(9-10-24(34)35)12-20(15-23)26(28,29)30/h4,6,8,12-15,22,31,33H,5,7,9-11,16-17H2,1-3H3,(H,34,35)/t22-/m1/s1. The second-order valence-electron chi connectivity index (χ2n) is 9.94. The summed E-state index contributed by atoms with van der Waals surface area (Å²) in [5, 5.41) is 22.5. The number of β-amino-alcohol motifs (C(OH)–C–C–N with tert-alkyl or cyclic N) is 1. The van der Waals surface area contributed by atoms with Crippen LogP contribution in [0.4, 0.5) is 17.6 Å². The van der Waals surface area contributed by atoms with Crippen molar-refractivity contribution in [2.45, 2.75) is 68.7 Å². The molecule has 0 aliphatic heterocycles. The molecule has 0 radical (unpaired) electrons. The molecule has 0 saturated carbocycles. The molecule has 212 valence electrons. The number of aliphatic hydroxyl groups excluding tert-OH is 1. The zero-order chi connectivity index (χ0) is 28.7. The largest absolute Gasteiger partial charge is 0.481 e. The summed E-state index contributed by atoms with van der Waals surface area (Å²) < 4.78 is 80.3. The average molecular weight is 563 g/mol. The van der Waals surface area contributed by atoms with Gasteiger partial charge in [0.25, 0.3) is 0 Å². The fourth-order valence-corrected chi connectivity index (χ4v) is 5.22. The minimum absolute atomic E-state index is 0.0271. The molecule has 3 N–H and O–H groups in total. The summed E-state index contributed by atoms with van der Waals surface area (Å²) in [6, 6.07) is 8.59. The zero-order valence-corrected chi connectivity index (χ0v) is 22.4. The normalized spacial score (nSPS) is 13.6. The summed E-state index contributed by atoms with van der Waals surface area (Å²) in [6.07, 6.45) is -4.62. The Morgan fingerprint density at radius 2 is 1.76 bits per heavy atom. The van der Waals surface area contributed by atoms with Crippen molar-refractivity contribution in [3.8, 4) is 0 Å². The number of aryl methyl sites for hydroxylation is 2. The Morgan fingerprint density at radius 3 is 2.37 bits per heavy atom. The fraction of sp³-hybridized carbons (Fsp3) is 0.500. The molecule has 0 fully saturated rings. The number of benzene rings is 2. The van der Waals surface area contributed by atoms with Crippen molar-refractivity contribution in [3.05, 3.63) is 65.0 Å². The number of carboxylic acid groups (broad SMARTS) is 1. The fourth-order valence-electron chi connectivity index (χ4n) is 3.92. The van der Waals surface area contributed by atoms with Gasteiger partial charge in [0, 0.05) is 32.1 Å². The van der Waals surface area contributed by atoms with E-state index in [9.17, 15) is 35.9 Å². The number of likely N-dealkylation sites (N-methyl/N-ethyl adjacent to an activating group) is 1. The molecule has 0 heterocycles. The maximum Gasteiger partial charge on any atom is 0.416 e. The number of sulfonamides is 1. The van der Waals surface area contributed by atoms with Crippen LogP contribution in [0.15, 0.2) is 47.4 Å².